The normalized spacial score (nSPS) is 9.00. The maximum Gasteiger partial charge on any atom is 0.323 e. The van der Waals surface area contributed by atoms with Crippen LogP contribution in [0.3, 0.4) is 0 Å². The number of hydrogen-bond acceptors (Lipinski definition) is 5. The van der Waals surface area contributed by atoms with Crippen molar-refractivity contribution in [2.45, 2.75) is 0 Å². The monoisotopic (exact) mass is 191 g/mol. The van der Waals surface area contributed by atoms with Gasteiger partial charge in [0.2, 0.25) is 5.88 Å². The number of carbonyl (C=O) groups is 2. The van der Waals surface area contributed by atoms with Crippen molar-refractivity contribution >= 4 is 11.9 Å². The van der Waals surface area contributed by atoms with Gasteiger partial charge in [-0.15, -0.1) is 0 Å². The van der Waals surface area contributed by atoms with Gasteiger partial charge in [0.1, 0.15) is 13.1 Å². The van der Waals surface area contributed by atoms with Crippen molar-refractivity contribution in [1.29, 1.82) is 0 Å². The molecule has 0 heterocycles. The van der Waals surface area contributed by atoms with E-state index in [0.717, 1.165) is 4.90 Å². The first kappa shape index (κ1) is 11.2. The second-order valence-corrected chi connectivity index (χ2v) is 2.13. The van der Waals surface area contributed by atoms with Gasteiger partial charge in [-0.2, -0.15) is 0 Å². The predicted octanol–water partition coefficient (Wildman–Crippen LogP) is -0.582. The molecule has 0 aliphatic heterocycles. The standard InChI is InChI=1S/C6H9NO6/c1-4(13-12)7(2-5(8)9)3-6(10)11/h12H,1-3H2,(H,8,9)(H,10,11). The minimum Gasteiger partial charge on any atom is -0.480 e. The average molecular weight is 191 g/mol. The van der Waals surface area contributed by atoms with Crippen LogP contribution >= 0.6 is 0 Å². The summed E-state index contributed by atoms with van der Waals surface area (Å²) >= 11 is 0. The zero-order chi connectivity index (χ0) is 10.4. The Morgan fingerprint density at radius 1 is 1.23 bits per heavy atom. The Labute approximate surface area is 73.4 Å². The summed E-state index contributed by atoms with van der Waals surface area (Å²) in [7, 11) is 0. The van der Waals surface area contributed by atoms with Crippen LogP contribution < -0.4 is 0 Å². The molecule has 0 fully saturated rings. The van der Waals surface area contributed by atoms with E-state index < -0.39 is 30.9 Å². The number of aliphatic carboxylic acids is 2. The Morgan fingerprint density at radius 2 is 1.62 bits per heavy atom. The summed E-state index contributed by atoms with van der Waals surface area (Å²) in [6.07, 6.45) is 0. The Balaban J connectivity index is 4.26. The van der Waals surface area contributed by atoms with E-state index in [1.165, 1.54) is 0 Å². The third-order valence-electron chi connectivity index (χ3n) is 1.11. The lowest BCUT2D eigenvalue weighted by molar-refractivity contribution is -0.224. The van der Waals surface area contributed by atoms with Crippen LogP contribution in [0.4, 0.5) is 0 Å². The lowest BCUT2D eigenvalue weighted by Crippen LogP contribution is -2.34. The Bertz CT molecular complexity index is 209. The fraction of sp³-hybridized carbons (Fsp3) is 0.333. The van der Waals surface area contributed by atoms with Crippen molar-refractivity contribution in [2.75, 3.05) is 13.1 Å². The van der Waals surface area contributed by atoms with Gasteiger partial charge in [-0.3, -0.25) is 9.59 Å². The minimum atomic E-state index is -1.25. The van der Waals surface area contributed by atoms with E-state index in [1.807, 2.05) is 0 Å². The quantitative estimate of drug-likeness (QED) is 0.293. The van der Waals surface area contributed by atoms with E-state index in [4.69, 9.17) is 15.5 Å². The van der Waals surface area contributed by atoms with E-state index in [2.05, 4.69) is 11.5 Å². The summed E-state index contributed by atoms with van der Waals surface area (Å²) in [5.74, 6) is -2.93. The molecule has 0 saturated heterocycles. The maximum absolute atomic E-state index is 10.2. The summed E-state index contributed by atoms with van der Waals surface area (Å²) in [5.41, 5.74) is 0. The maximum atomic E-state index is 10.2. The largest absolute Gasteiger partial charge is 0.480 e. The van der Waals surface area contributed by atoms with Crippen molar-refractivity contribution in [2.24, 2.45) is 0 Å². The zero-order valence-electron chi connectivity index (χ0n) is 6.63. The van der Waals surface area contributed by atoms with Crippen LogP contribution in [0, 0.1) is 0 Å². The zero-order valence-corrected chi connectivity index (χ0v) is 6.63. The molecule has 74 valence electrons. The first-order valence-corrected chi connectivity index (χ1v) is 3.16. The van der Waals surface area contributed by atoms with E-state index in [-0.39, 0.29) is 0 Å². The molecule has 0 bridgehead atoms. The van der Waals surface area contributed by atoms with Gasteiger partial charge in [0.15, 0.2) is 0 Å². The number of carboxylic acids is 2. The molecule has 0 rings (SSSR count). The SMILES string of the molecule is C=C(OO)N(CC(=O)O)CC(=O)O. The van der Waals surface area contributed by atoms with Gasteiger partial charge >= 0.3 is 11.9 Å². The van der Waals surface area contributed by atoms with Crippen molar-refractivity contribution in [3.63, 3.8) is 0 Å². The molecule has 0 aliphatic carbocycles. The molecule has 3 N–H and O–H groups in total. The van der Waals surface area contributed by atoms with Crippen LogP contribution in [-0.2, 0) is 14.5 Å². The topological polar surface area (TPSA) is 107 Å². The molecule has 0 atom stereocenters. The highest BCUT2D eigenvalue weighted by Gasteiger charge is 2.16. The summed E-state index contributed by atoms with van der Waals surface area (Å²) in [4.78, 5) is 24.8. The van der Waals surface area contributed by atoms with E-state index in [1.54, 1.807) is 0 Å². The third-order valence-corrected chi connectivity index (χ3v) is 1.11. The summed E-state index contributed by atoms with van der Waals surface area (Å²) in [6, 6.07) is 0. The molecule has 0 spiro atoms. The molecule has 0 aromatic rings. The van der Waals surface area contributed by atoms with Crippen molar-refractivity contribution < 1.29 is 29.9 Å². The van der Waals surface area contributed by atoms with Gasteiger partial charge in [-0.05, 0) is 6.58 Å². The van der Waals surface area contributed by atoms with Gasteiger partial charge in [-0.25, -0.2) is 5.26 Å². The molecule has 0 aromatic carbocycles. The first-order chi connectivity index (χ1) is 5.97. The Kier molecular flexibility index (Phi) is 4.31. The molecular formula is C6H9NO6. The number of nitrogens with zero attached hydrogens (tertiary/aromatic N) is 1. The number of carboxylic acid groups (broad SMARTS) is 2. The van der Waals surface area contributed by atoms with E-state index in [9.17, 15) is 9.59 Å². The van der Waals surface area contributed by atoms with Crippen molar-refractivity contribution in [3.05, 3.63) is 12.5 Å². The smallest absolute Gasteiger partial charge is 0.323 e. The van der Waals surface area contributed by atoms with E-state index >= 15 is 0 Å². The number of rotatable bonds is 6. The van der Waals surface area contributed by atoms with Crippen LogP contribution in [0.25, 0.3) is 0 Å². The molecular weight excluding hydrogens is 182 g/mol. The van der Waals surface area contributed by atoms with Crippen molar-refractivity contribution in [1.82, 2.24) is 4.90 Å². The van der Waals surface area contributed by atoms with Gasteiger partial charge in [0.05, 0.1) is 0 Å². The molecule has 0 aliphatic rings. The van der Waals surface area contributed by atoms with Gasteiger partial charge in [0, 0.05) is 0 Å². The second kappa shape index (κ2) is 4.99. The third kappa shape index (κ3) is 4.64. The molecule has 0 amide bonds. The molecule has 13 heavy (non-hydrogen) atoms. The highest BCUT2D eigenvalue weighted by atomic mass is 17.1. The van der Waals surface area contributed by atoms with Gasteiger partial charge in [0.25, 0.3) is 0 Å². The molecule has 0 radical (unpaired) electrons. The predicted molar refractivity (Wildman–Crippen MR) is 39.7 cm³/mol. The fourth-order valence-corrected chi connectivity index (χ4v) is 0.617. The molecule has 7 nitrogen and oxygen atoms in total. The number of hydrogen-bond donors (Lipinski definition) is 3. The van der Waals surface area contributed by atoms with Crippen LogP contribution in [0.15, 0.2) is 12.5 Å². The summed E-state index contributed by atoms with van der Waals surface area (Å²) in [6.45, 7) is 1.90. The summed E-state index contributed by atoms with van der Waals surface area (Å²) < 4.78 is 0. The minimum absolute atomic E-state index is 0.426. The lowest BCUT2D eigenvalue weighted by atomic mass is 10.5. The lowest BCUT2D eigenvalue weighted by Gasteiger charge is -2.18. The molecule has 0 aromatic heterocycles. The van der Waals surface area contributed by atoms with Gasteiger partial charge < -0.3 is 20.0 Å². The molecule has 7 heteroatoms. The molecule has 0 saturated carbocycles. The van der Waals surface area contributed by atoms with Crippen LogP contribution in [-0.4, -0.2) is 45.4 Å². The Hall–Kier alpha value is -1.76. The second-order valence-electron chi connectivity index (χ2n) is 2.13. The highest BCUT2D eigenvalue weighted by molar-refractivity contribution is 5.73. The average Bonchev–Trinajstić information content (AvgIpc) is 2.00. The van der Waals surface area contributed by atoms with Crippen molar-refractivity contribution in [3.8, 4) is 0 Å². The summed E-state index contributed by atoms with van der Waals surface area (Å²) in [5, 5.41) is 24.8. The first-order valence-electron chi connectivity index (χ1n) is 3.16. The van der Waals surface area contributed by atoms with Crippen LogP contribution in [0.1, 0.15) is 0 Å². The fourth-order valence-electron chi connectivity index (χ4n) is 0.617. The van der Waals surface area contributed by atoms with E-state index in [0.29, 0.717) is 0 Å². The van der Waals surface area contributed by atoms with Gasteiger partial charge in [-0.1, -0.05) is 0 Å². The molecule has 0 unspecified atom stereocenters. The van der Waals surface area contributed by atoms with Crippen LogP contribution in [0.5, 0.6) is 0 Å². The van der Waals surface area contributed by atoms with Crippen LogP contribution in [0.2, 0.25) is 0 Å². The highest BCUT2D eigenvalue weighted by Crippen LogP contribution is 2.00. The Morgan fingerprint density at radius 3 is 1.85 bits per heavy atom.